The summed E-state index contributed by atoms with van der Waals surface area (Å²) < 4.78 is 6.21. The molecule has 116 valence electrons. The average molecular weight is 313 g/mol. The Balaban J connectivity index is 1.84. The summed E-state index contributed by atoms with van der Waals surface area (Å²) in [6.07, 6.45) is 4.70. The lowest BCUT2D eigenvalue weighted by molar-refractivity contribution is 0.300. The lowest BCUT2D eigenvalue weighted by atomic mass is 10.1. The first-order valence-corrected chi connectivity index (χ1v) is 9.02. The molecule has 2 nitrogen and oxygen atoms in total. The van der Waals surface area contributed by atoms with Crippen molar-refractivity contribution in [1.29, 1.82) is 0 Å². The van der Waals surface area contributed by atoms with Crippen LogP contribution in [0.2, 0.25) is 0 Å². The van der Waals surface area contributed by atoms with Crippen LogP contribution in [0, 0.1) is 6.92 Å². The van der Waals surface area contributed by atoms with E-state index < -0.39 is 0 Å². The van der Waals surface area contributed by atoms with E-state index in [9.17, 15) is 0 Å². The molecule has 0 atom stereocenters. The van der Waals surface area contributed by atoms with Crippen LogP contribution in [0.1, 0.15) is 35.4 Å². The lowest BCUT2D eigenvalue weighted by Crippen LogP contribution is -2.04. The molecule has 22 heavy (non-hydrogen) atoms. The van der Waals surface area contributed by atoms with Crippen LogP contribution in [0.25, 0.3) is 0 Å². The summed E-state index contributed by atoms with van der Waals surface area (Å²) in [6.45, 7) is 2.76. The highest BCUT2D eigenvalue weighted by molar-refractivity contribution is 7.98. The highest BCUT2D eigenvalue weighted by atomic mass is 32.2. The van der Waals surface area contributed by atoms with Crippen molar-refractivity contribution in [2.24, 2.45) is 0 Å². The van der Waals surface area contributed by atoms with E-state index in [0.717, 1.165) is 11.4 Å². The van der Waals surface area contributed by atoms with Crippen molar-refractivity contribution in [3.8, 4) is 5.75 Å². The molecule has 1 N–H and O–H groups in total. The standard InChI is InChI=1S/C19H23NOS/c1-13-7-10-18(15(11-13)14-8-9-14)21-12-16-17(20-2)5-4-6-19(16)22-3/h4-7,10-11,14,20H,8-9,12H2,1-3H3. The predicted octanol–water partition coefficient (Wildman–Crippen LogP) is 5.22. The molecule has 2 aromatic rings. The third-order valence-electron chi connectivity index (χ3n) is 4.18. The number of rotatable bonds is 6. The van der Waals surface area contributed by atoms with E-state index in [1.807, 2.05) is 7.05 Å². The van der Waals surface area contributed by atoms with E-state index >= 15 is 0 Å². The molecule has 0 unspecified atom stereocenters. The number of hydrogen-bond donors (Lipinski definition) is 1. The Bertz CT molecular complexity index is 642. The molecular weight excluding hydrogens is 290 g/mol. The average Bonchev–Trinajstić information content (AvgIpc) is 3.38. The largest absolute Gasteiger partial charge is 0.488 e. The summed E-state index contributed by atoms with van der Waals surface area (Å²) >= 11 is 1.77. The first-order valence-electron chi connectivity index (χ1n) is 7.80. The van der Waals surface area contributed by atoms with Crippen molar-refractivity contribution in [3.63, 3.8) is 0 Å². The first-order chi connectivity index (χ1) is 10.7. The summed E-state index contributed by atoms with van der Waals surface area (Å²) in [6, 6.07) is 12.9. The van der Waals surface area contributed by atoms with Crippen molar-refractivity contribution < 1.29 is 4.74 Å². The maximum atomic E-state index is 6.21. The molecule has 0 amide bonds. The minimum Gasteiger partial charge on any atom is -0.488 e. The van der Waals surface area contributed by atoms with E-state index in [1.54, 1.807) is 11.8 Å². The SMILES string of the molecule is CNc1cccc(SC)c1COc1ccc(C)cc1C1CC1. The third-order valence-corrected chi connectivity index (χ3v) is 5.00. The molecule has 1 fully saturated rings. The van der Waals surface area contributed by atoms with Gasteiger partial charge in [0.15, 0.2) is 0 Å². The molecule has 2 aromatic carbocycles. The zero-order chi connectivity index (χ0) is 15.5. The van der Waals surface area contributed by atoms with Gasteiger partial charge in [-0.3, -0.25) is 0 Å². The molecular formula is C19H23NOS. The van der Waals surface area contributed by atoms with E-state index in [0.29, 0.717) is 12.5 Å². The number of anilines is 1. The van der Waals surface area contributed by atoms with Gasteiger partial charge in [-0.2, -0.15) is 0 Å². The summed E-state index contributed by atoms with van der Waals surface area (Å²) in [4.78, 5) is 1.27. The van der Waals surface area contributed by atoms with E-state index in [1.165, 1.54) is 34.4 Å². The van der Waals surface area contributed by atoms with E-state index in [4.69, 9.17) is 4.74 Å². The Labute approximate surface area is 137 Å². The molecule has 3 rings (SSSR count). The molecule has 0 aliphatic heterocycles. The molecule has 3 heteroatoms. The summed E-state index contributed by atoms with van der Waals surface area (Å²) in [5.74, 6) is 1.75. The number of nitrogens with one attached hydrogen (secondary N) is 1. The van der Waals surface area contributed by atoms with Gasteiger partial charge >= 0.3 is 0 Å². The van der Waals surface area contributed by atoms with Gasteiger partial charge in [-0.1, -0.05) is 23.8 Å². The highest BCUT2D eigenvalue weighted by Gasteiger charge is 2.27. The smallest absolute Gasteiger partial charge is 0.123 e. The van der Waals surface area contributed by atoms with Crippen molar-refractivity contribution in [2.75, 3.05) is 18.6 Å². The summed E-state index contributed by atoms with van der Waals surface area (Å²) in [5, 5.41) is 3.27. The number of aryl methyl sites for hydroxylation is 1. The zero-order valence-corrected chi connectivity index (χ0v) is 14.3. The fraction of sp³-hybridized carbons (Fsp3) is 0.368. The second-order valence-electron chi connectivity index (χ2n) is 5.84. The topological polar surface area (TPSA) is 21.3 Å². The van der Waals surface area contributed by atoms with Crippen LogP contribution in [0.4, 0.5) is 5.69 Å². The molecule has 0 aromatic heterocycles. The predicted molar refractivity (Wildman–Crippen MR) is 95.3 cm³/mol. The molecule has 1 saturated carbocycles. The fourth-order valence-corrected chi connectivity index (χ4v) is 3.43. The Hall–Kier alpha value is -1.61. The van der Waals surface area contributed by atoms with Crippen LogP contribution in [-0.4, -0.2) is 13.3 Å². The Kier molecular flexibility index (Phi) is 4.63. The van der Waals surface area contributed by atoms with Gasteiger partial charge in [0.05, 0.1) is 0 Å². The molecule has 1 aliphatic rings. The molecule has 0 bridgehead atoms. The molecule has 0 spiro atoms. The molecule has 0 radical (unpaired) electrons. The van der Waals surface area contributed by atoms with Gasteiger partial charge in [-0.25, -0.2) is 0 Å². The van der Waals surface area contributed by atoms with E-state index in [2.05, 4.69) is 54.9 Å². The second-order valence-corrected chi connectivity index (χ2v) is 6.69. The minimum atomic E-state index is 0.607. The van der Waals surface area contributed by atoms with Crippen molar-refractivity contribution in [3.05, 3.63) is 53.1 Å². The Morgan fingerprint density at radius 2 is 2.05 bits per heavy atom. The van der Waals surface area contributed by atoms with Crippen LogP contribution >= 0.6 is 11.8 Å². The summed E-state index contributed by atoms with van der Waals surface area (Å²) in [7, 11) is 1.96. The maximum Gasteiger partial charge on any atom is 0.123 e. The third kappa shape index (κ3) is 3.25. The van der Waals surface area contributed by atoms with Crippen LogP contribution in [0.15, 0.2) is 41.3 Å². The monoisotopic (exact) mass is 313 g/mol. The van der Waals surface area contributed by atoms with Crippen molar-refractivity contribution in [1.82, 2.24) is 0 Å². The van der Waals surface area contributed by atoms with Crippen LogP contribution < -0.4 is 10.1 Å². The number of ether oxygens (including phenoxy) is 1. The van der Waals surface area contributed by atoms with Crippen LogP contribution in [-0.2, 0) is 6.61 Å². The van der Waals surface area contributed by atoms with Gasteiger partial charge in [0, 0.05) is 23.2 Å². The van der Waals surface area contributed by atoms with Gasteiger partial charge in [0.1, 0.15) is 12.4 Å². The second kappa shape index (κ2) is 6.66. The van der Waals surface area contributed by atoms with E-state index in [-0.39, 0.29) is 0 Å². The quantitative estimate of drug-likeness (QED) is 0.739. The Morgan fingerprint density at radius 1 is 1.23 bits per heavy atom. The fourth-order valence-electron chi connectivity index (χ4n) is 2.80. The Morgan fingerprint density at radius 3 is 2.73 bits per heavy atom. The van der Waals surface area contributed by atoms with Gasteiger partial charge in [-0.15, -0.1) is 11.8 Å². The van der Waals surface area contributed by atoms with Crippen LogP contribution in [0.5, 0.6) is 5.75 Å². The molecule has 1 aliphatic carbocycles. The minimum absolute atomic E-state index is 0.607. The normalized spacial score (nSPS) is 14.0. The highest BCUT2D eigenvalue weighted by Crippen LogP contribution is 2.45. The molecule has 0 heterocycles. The molecule has 0 saturated heterocycles. The zero-order valence-electron chi connectivity index (χ0n) is 13.5. The van der Waals surface area contributed by atoms with Crippen LogP contribution in [0.3, 0.4) is 0 Å². The van der Waals surface area contributed by atoms with Gasteiger partial charge in [-0.05, 0) is 55.7 Å². The number of benzene rings is 2. The van der Waals surface area contributed by atoms with Gasteiger partial charge in [0.25, 0.3) is 0 Å². The first kappa shape index (κ1) is 15.3. The lowest BCUT2D eigenvalue weighted by Gasteiger charge is -2.16. The summed E-state index contributed by atoms with van der Waals surface area (Å²) in [5.41, 5.74) is 5.08. The number of hydrogen-bond acceptors (Lipinski definition) is 3. The van der Waals surface area contributed by atoms with Crippen molar-refractivity contribution >= 4 is 17.4 Å². The van der Waals surface area contributed by atoms with Crippen molar-refractivity contribution in [2.45, 2.75) is 37.2 Å². The number of thioether (sulfide) groups is 1. The van der Waals surface area contributed by atoms with Gasteiger partial charge in [0.2, 0.25) is 0 Å². The maximum absolute atomic E-state index is 6.21. The van der Waals surface area contributed by atoms with Gasteiger partial charge < -0.3 is 10.1 Å².